The first-order valence-electron chi connectivity index (χ1n) is 6.21. The fourth-order valence-corrected chi connectivity index (χ4v) is 2.04. The summed E-state index contributed by atoms with van der Waals surface area (Å²) in [6.07, 6.45) is 2.33. The molecule has 2 fully saturated rings. The van der Waals surface area contributed by atoms with Crippen LogP contribution in [-0.4, -0.2) is 26.1 Å². The van der Waals surface area contributed by atoms with Gasteiger partial charge in [-0.2, -0.15) is 0 Å². The van der Waals surface area contributed by atoms with Crippen LogP contribution in [0, 0.1) is 5.41 Å². The molecule has 1 saturated heterocycles. The van der Waals surface area contributed by atoms with Crippen LogP contribution in [-0.2, 0) is 20.8 Å². The molecular weight excluding hydrogens is 216 g/mol. The maximum atomic E-state index is 5.65. The minimum absolute atomic E-state index is 0.176. The summed E-state index contributed by atoms with van der Waals surface area (Å²) in [7, 11) is 0. The van der Waals surface area contributed by atoms with E-state index in [1.54, 1.807) is 0 Å². The molecule has 0 radical (unpaired) electrons. The highest BCUT2D eigenvalue weighted by Crippen LogP contribution is 2.48. The van der Waals surface area contributed by atoms with Crippen LogP contribution in [0.25, 0.3) is 0 Å². The van der Waals surface area contributed by atoms with Crippen molar-refractivity contribution in [3.05, 3.63) is 35.9 Å². The Morgan fingerprint density at radius 1 is 1.12 bits per heavy atom. The van der Waals surface area contributed by atoms with Crippen molar-refractivity contribution in [1.29, 1.82) is 0 Å². The highest BCUT2D eigenvalue weighted by Gasteiger charge is 2.46. The van der Waals surface area contributed by atoms with E-state index in [1.807, 2.05) is 18.2 Å². The number of hydrogen-bond acceptors (Lipinski definition) is 3. The van der Waals surface area contributed by atoms with Crippen LogP contribution in [0.15, 0.2) is 30.3 Å². The minimum Gasteiger partial charge on any atom is -0.372 e. The Hall–Kier alpha value is -0.900. The van der Waals surface area contributed by atoms with Crippen molar-refractivity contribution in [2.24, 2.45) is 5.41 Å². The largest absolute Gasteiger partial charge is 0.372 e. The fraction of sp³-hybridized carbons (Fsp3) is 0.571. The highest BCUT2D eigenvalue weighted by atomic mass is 16.7. The van der Waals surface area contributed by atoms with Gasteiger partial charge in [0.2, 0.25) is 0 Å². The highest BCUT2D eigenvalue weighted by molar-refractivity contribution is 5.13. The molecule has 3 nitrogen and oxygen atoms in total. The van der Waals surface area contributed by atoms with Crippen LogP contribution < -0.4 is 0 Å². The first kappa shape index (κ1) is 11.2. The molecule has 1 aromatic rings. The normalized spacial score (nSPS) is 22.8. The number of hydrogen-bond donors (Lipinski definition) is 0. The van der Waals surface area contributed by atoms with E-state index in [-0.39, 0.29) is 6.29 Å². The van der Waals surface area contributed by atoms with Crippen LogP contribution in [0.1, 0.15) is 18.4 Å². The van der Waals surface area contributed by atoms with Crippen LogP contribution in [0.2, 0.25) is 0 Å². The maximum absolute atomic E-state index is 5.65. The third kappa shape index (κ3) is 2.86. The summed E-state index contributed by atoms with van der Waals surface area (Å²) < 4.78 is 16.9. The Balaban J connectivity index is 1.37. The summed E-state index contributed by atoms with van der Waals surface area (Å²) in [5, 5.41) is 0. The second kappa shape index (κ2) is 4.77. The summed E-state index contributed by atoms with van der Waals surface area (Å²) in [6, 6.07) is 10.2. The first-order chi connectivity index (χ1) is 8.36. The van der Waals surface area contributed by atoms with Crippen molar-refractivity contribution in [2.45, 2.75) is 25.7 Å². The average molecular weight is 234 g/mol. The van der Waals surface area contributed by atoms with Gasteiger partial charge in [0.25, 0.3) is 0 Å². The zero-order chi connectivity index (χ0) is 11.6. The third-order valence-corrected chi connectivity index (χ3v) is 3.47. The van der Waals surface area contributed by atoms with E-state index in [1.165, 1.54) is 18.4 Å². The summed E-state index contributed by atoms with van der Waals surface area (Å²) in [4.78, 5) is 0. The van der Waals surface area contributed by atoms with Gasteiger partial charge < -0.3 is 14.2 Å². The van der Waals surface area contributed by atoms with Crippen LogP contribution in [0.5, 0.6) is 0 Å². The molecule has 3 rings (SSSR count). The zero-order valence-corrected chi connectivity index (χ0v) is 9.93. The minimum atomic E-state index is -0.176. The molecule has 3 heteroatoms. The lowest BCUT2D eigenvalue weighted by Gasteiger charge is -2.29. The molecule has 92 valence electrons. The molecule has 1 aliphatic heterocycles. The average Bonchev–Trinajstić information content (AvgIpc) is 3.13. The van der Waals surface area contributed by atoms with Gasteiger partial charge in [0, 0.05) is 5.41 Å². The second-order valence-corrected chi connectivity index (χ2v) is 5.05. The Morgan fingerprint density at radius 2 is 1.82 bits per heavy atom. The van der Waals surface area contributed by atoms with E-state index in [0.29, 0.717) is 18.6 Å². The molecule has 17 heavy (non-hydrogen) atoms. The van der Waals surface area contributed by atoms with E-state index >= 15 is 0 Å². The maximum Gasteiger partial charge on any atom is 0.180 e. The lowest BCUT2D eigenvalue weighted by atomic mass is 10.1. The Bertz CT molecular complexity index is 349. The fourth-order valence-electron chi connectivity index (χ4n) is 2.04. The van der Waals surface area contributed by atoms with Gasteiger partial charge in [0.15, 0.2) is 6.29 Å². The van der Waals surface area contributed by atoms with E-state index in [2.05, 4.69) is 12.1 Å². The molecule has 1 spiro atoms. The quantitative estimate of drug-likeness (QED) is 0.800. The van der Waals surface area contributed by atoms with Gasteiger partial charge in [-0.25, -0.2) is 0 Å². The summed E-state index contributed by atoms with van der Waals surface area (Å²) in [5.41, 5.74) is 1.55. The topological polar surface area (TPSA) is 27.7 Å². The first-order valence-corrected chi connectivity index (χ1v) is 6.21. The van der Waals surface area contributed by atoms with Gasteiger partial charge in [0.05, 0.1) is 26.4 Å². The van der Waals surface area contributed by atoms with Gasteiger partial charge in [-0.15, -0.1) is 0 Å². The molecule has 0 amide bonds. The molecule has 0 unspecified atom stereocenters. The van der Waals surface area contributed by atoms with E-state index in [4.69, 9.17) is 14.2 Å². The lowest BCUT2D eigenvalue weighted by Crippen LogP contribution is -2.36. The smallest absolute Gasteiger partial charge is 0.180 e. The zero-order valence-electron chi connectivity index (χ0n) is 9.93. The molecule has 0 atom stereocenters. The standard InChI is InChI=1S/C14H18O3/c1-2-4-12(5-3-1)8-15-9-13-16-10-14(6-7-14)11-17-13/h1-5,13H,6-11H2. The summed E-state index contributed by atoms with van der Waals surface area (Å²) >= 11 is 0. The van der Waals surface area contributed by atoms with E-state index in [0.717, 1.165) is 13.2 Å². The van der Waals surface area contributed by atoms with Crippen molar-refractivity contribution in [3.8, 4) is 0 Å². The molecule has 1 aromatic carbocycles. The monoisotopic (exact) mass is 234 g/mol. The predicted molar refractivity (Wildman–Crippen MR) is 63.5 cm³/mol. The van der Waals surface area contributed by atoms with Gasteiger partial charge in [-0.05, 0) is 18.4 Å². The lowest BCUT2D eigenvalue weighted by molar-refractivity contribution is -0.228. The van der Waals surface area contributed by atoms with Crippen LogP contribution >= 0.6 is 0 Å². The molecular formula is C14H18O3. The second-order valence-electron chi connectivity index (χ2n) is 5.05. The van der Waals surface area contributed by atoms with Crippen molar-refractivity contribution in [1.82, 2.24) is 0 Å². The molecule has 1 saturated carbocycles. The van der Waals surface area contributed by atoms with Crippen molar-refractivity contribution >= 4 is 0 Å². The van der Waals surface area contributed by atoms with Crippen LogP contribution in [0.3, 0.4) is 0 Å². The Labute approximate surface area is 102 Å². The van der Waals surface area contributed by atoms with Gasteiger partial charge >= 0.3 is 0 Å². The summed E-state index contributed by atoms with van der Waals surface area (Å²) in [5.74, 6) is 0. The molecule has 2 aliphatic rings. The number of ether oxygens (including phenoxy) is 3. The summed E-state index contributed by atoms with van der Waals surface area (Å²) in [6.45, 7) is 2.82. The third-order valence-electron chi connectivity index (χ3n) is 3.47. The van der Waals surface area contributed by atoms with Crippen molar-refractivity contribution in [3.63, 3.8) is 0 Å². The molecule has 1 aliphatic carbocycles. The SMILES string of the molecule is c1ccc(COCC2OCC3(CC3)CO2)cc1. The van der Waals surface area contributed by atoms with Gasteiger partial charge in [-0.1, -0.05) is 30.3 Å². The Kier molecular flexibility index (Phi) is 3.14. The van der Waals surface area contributed by atoms with Gasteiger partial charge in [-0.3, -0.25) is 0 Å². The van der Waals surface area contributed by atoms with Gasteiger partial charge in [0.1, 0.15) is 0 Å². The Morgan fingerprint density at radius 3 is 2.47 bits per heavy atom. The molecule has 1 heterocycles. The predicted octanol–water partition coefficient (Wildman–Crippen LogP) is 2.36. The van der Waals surface area contributed by atoms with Crippen molar-refractivity contribution < 1.29 is 14.2 Å². The molecule has 0 bridgehead atoms. The molecule has 0 aromatic heterocycles. The molecule has 0 N–H and O–H groups in total. The van der Waals surface area contributed by atoms with Crippen molar-refractivity contribution in [2.75, 3.05) is 19.8 Å². The van der Waals surface area contributed by atoms with Crippen LogP contribution in [0.4, 0.5) is 0 Å². The number of benzene rings is 1. The van der Waals surface area contributed by atoms with E-state index in [9.17, 15) is 0 Å². The van der Waals surface area contributed by atoms with E-state index < -0.39 is 0 Å². The number of rotatable bonds is 4.